The second-order valence-electron chi connectivity index (χ2n) is 6.48. The van der Waals surface area contributed by atoms with Crippen LogP contribution < -0.4 is 10.6 Å². The van der Waals surface area contributed by atoms with Crippen LogP contribution in [0.1, 0.15) is 43.7 Å². The van der Waals surface area contributed by atoms with Gasteiger partial charge in [-0.1, -0.05) is 30.7 Å². The Labute approximate surface area is 190 Å². The molecule has 0 bridgehead atoms. The minimum absolute atomic E-state index is 0. The number of esters is 1. The average Bonchev–Trinajstić information content (AvgIpc) is 3.22. The number of nitrogens with zero attached hydrogens (tertiary/aromatic N) is 3. The van der Waals surface area contributed by atoms with Crippen LogP contribution in [0.15, 0.2) is 47.7 Å². The standard InChI is InChI=1S/C21H31N5O2.HI/c1-3-22-21(23-13-8-4-5-12-20(27)28-2)24-16-18-10-6-7-11-19(18)17-26-15-9-14-25-26;/h6-7,9-11,14-15H,3-5,8,12-13,16-17H2,1-2H3,(H2,22,23,24);1H. The Morgan fingerprint density at radius 1 is 1.14 bits per heavy atom. The lowest BCUT2D eigenvalue weighted by Gasteiger charge is -2.12. The zero-order valence-corrected chi connectivity index (χ0v) is 19.6. The predicted molar refractivity (Wildman–Crippen MR) is 126 cm³/mol. The zero-order chi connectivity index (χ0) is 20.0. The number of benzene rings is 1. The molecule has 0 fully saturated rings. The van der Waals surface area contributed by atoms with Crippen molar-refractivity contribution >= 4 is 35.9 Å². The molecule has 2 N–H and O–H groups in total. The monoisotopic (exact) mass is 513 g/mol. The molecule has 0 aliphatic rings. The highest BCUT2D eigenvalue weighted by molar-refractivity contribution is 14.0. The number of carbonyl (C=O) groups excluding carboxylic acids is 1. The average molecular weight is 513 g/mol. The lowest BCUT2D eigenvalue weighted by atomic mass is 10.1. The Hall–Kier alpha value is -2.10. The smallest absolute Gasteiger partial charge is 0.305 e. The maximum absolute atomic E-state index is 11.1. The van der Waals surface area contributed by atoms with Crippen LogP contribution in [0.2, 0.25) is 0 Å². The summed E-state index contributed by atoms with van der Waals surface area (Å²) in [5, 5.41) is 10.9. The van der Waals surface area contributed by atoms with Gasteiger partial charge < -0.3 is 15.4 Å². The molecule has 1 aromatic heterocycles. The van der Waals surface area contributed by atoms with E-state index in [1.807, 2.05) is 29.1 Å². The highest BCUT2D eigenvalue weighted by atomic mass is 127. The lowest BCUT2D eigenvalue weighted by molar-refractivity contribution is -0.140. The first kappa shape index (κ1) is 24.9. The second kappa shape index (κ2) is 14.8. The van der Waals surface area contributed by atoms with Gasteiger partial charge in [-0.05, 0) is 37.0 Å². The van der Waals surface area contributed by atoms with Gasteiger partial charge >= 0.3 is 5.97 Å². The molecule has 29 heavy (non-hydrogen) atoms. The first-order valence-corrected chi connectivity index (χ1v) is 9.86. The molecule has 2 rings (SSSR count). The third-order valence-electron chi connectivity index (χ3n) is 4.34. The van der Waals surface area contributed by atoms with E-state index < -0.39 is 0 Å². The number of hydrogen-bond donors (Lipinski definition) is 2. The summed E-state index contributed by atoms with van der Waals surface area (Å²) >= 11 is 0. The van der Waals surface area contributed by atoms with Crippen molar-refractivity contribution in [2.45, 2.75) is 45.7 Å². The largest absolute Gasteiger partial charge is 0.469 e. The Kier molecular flexibility index (Phi) is 12.8. The molecule has 1 aromatic carbocycles. The maximum Gasteiger partial charge on any atom is 0.305 e. The van der Waals surface area contributed by atoms with Gasteiger partial charge in [-0.2, -0.15) is 5.10 Å². The molecule has 0 saturated heterocycles. The van der Waals surface area contributed by atoms with E-state index in [4.69, 9.17) is 4.99 Å². The molecular weight excluding hydrogens is 481 g/mol. The first-order valence-electron chi connectivity index (χ1n) is 9.86. The van der Waals surface area contributed by atoms with Crippen molar-refractivity contribution in [3.05, 3.63) is 53.9 Å². The normalized spacial score (nSPS) is 10.9. The fraction of sp³-hybridized carbons (Fsp3) is 0.476. The van der Waals surface area contributed by atoms with Gasteiger partial charge in [0.25, 0.3) is 0 Å². The fourth-order valence-corrected chi connectivity index (χ4v) is 2.82. The third kappa shape index (κ3) is 9.78. The molecule has 0 unspecified atom stereocenters. The van der Waals surface area contributed by atoms with Crippen molar-refractivity contribution in [2.75, 3.05) is 20.2 Å². The van der Waals surface area contributed by atoms with E-state index in [2.05, 4.69) is 39.5 Å². The maximum atomic E-state index is 11.1. The molecule has 8 heteroatoms. The number of nitrogens with one attached hydrogen (secondary N) is 2. The van der Waals surface area contributed by atoms with Gasteiger partial charge in [0.1, 0.15) is 0 Å². The summed E-state index contributed by atoms with van der Waals surface area (Å²) in [7, 11) is 1.43. The summed E-state index contributed by atoms with van der Waals surface area (Å²) in [6.07, 6.45) is 7.05. The number of hydrogen-bond acceptors (Lipinski definition) is 4. The van der Waals surface area contributed by atoms with E-state index in [0.29, 0.717) is 13.0 Å². The highest BCUT2D eigenvalue weighted by Gasteiger charge is 2.04. The van der Waals surface area contributed by atoms with E-state index in [1.165, 1.54) is 18.2 Å². The van der Waals surface area contributed by atoms with Crippen molar-refractivity contribution in [1.82, 2.24) is 20.4 Å². The van der Waals surface area contributed by atoms with E-state index in [9.17, 15) is 4.79 Å². The molecule has 0 saturated carbocycles. The number of halogens is 1. The van der Waals surface area contributed by atoms with Crippen LogP contribution in [0.25, 0.3) is 0 Å². The number of guanidine groups is 1. The molecule has 0 atom stereocenters. The SMILES string of the molecule is CCNC(=NCc1ccccc1Cn1cccn1)NCCCCCC(=O)OC.I. The van der Waals surface area contributed by atoms with Gasteiger partial charge in [0, 0.05) is 31.9 Å². The summed E-state index contributed by atoms with van der Waals surface area (Å²) in [6, 6.07) is 10.2. The van der Waals surface area contributed by atoms with Crippen LogP contribution in [-0.4, -0.2) is 41.9 Å². The number of methoxy groups -OCH3 is 1. The van der Waals surface area contributed by atoms with Crippen molar-refractivity contribution in [3.63, 3.8) is 0 Å². The van der Waals surface area contributed by atoms with Gasteiger partial charge in [-0.15, -0.1) is 24.0 Å². The van der Waals surface area contributed by atoms with Crippen LogP contribution in [0, 0.1) is 0 Å². The van der Waals surface area contributed by atoms with Crippen LogP contribution in [0.5, 0.6) is 0 Å². The van der Waals surface area contributed by atoms with Crippen molar-refractivity contribution in [1.29, 1.82) is 0 Å². The predicted octanol–water partition coefficient (Wildman–Crippen LogP) is 3.34. The van der Waals surface area contributed by atoms with Gasteiger partial charge in [-0.25, -0.2) is 4.99 Å². The highest BCUT2D eigenvalue weighted by Crippen LogP contribution is 2.11. The number of ether oxygens (including phenoxy) is 1. The summed E-state index contributed by atoms with van der Waals surface area (Å²) in [6.45, 7) is 5.03. The topological polar surface area (TPSA) is 80.5 Å². The van der Waals surface area contributed by atoms with E-state index in [-0.39, 0.29) is 29.9 Å². The number of rotatable bonds is 11. The number of aliphatic imine (C=N–C) groups is 1. The van der Waals surface area contributed by atoms with E-state index in [1.54, 1.807) is 6.20 Å². The molecule has 1 heterocycles. The fourth-order valence-electron chi connectivity index (χ4n) is 2.82. The third-order valence-corrected chi connectivity index (χ3v) is 4.34. The Morgan fingerprint density at radius 2 is 1.93 bits per heavy atom. The molecule has 0 aliphatic heterocycles. The Bertz CT molecular complexity index is 734. The molecule has 0 radical (unpaired) electrons. The van der Waals surface area contributed by atoms with Gasteiger partial charge in [0.15, 0.2) is 5.96 Å². The molecule has 0 amide bonds. The van der Waals surface area contributed by atoms with E-state index >= 15 is 0 Å². The van der Waals surface area contributed by atoms with Gasteiger partial charge in [0.05, 0.1) is 20.2 Å². The zero-order valence-electron chi connectivity index (χ0n) is 17.3. The molecule has 0 aliphatic carbocycles. The number of unbranched alkanes of at least 4 members (excludes halogenated alkanes) is 2. The number of carbonyl (C=O) groups is 1. The number of aromatic nitrogens is 2. The molecule has 2 aromatic rings. The summed E-state index contributed by atoms with van der Waals surface area (Å²) in [5.41, 5.74) is 2.40. The van der Waals surface area contributed by atoms with Crippen LogP contribution >= 0.6 is 24.0 Å². The van der Waals surface area contributed by atoms with Crippen LogP contribution in [0.3, 0.4) is 0 Å². The molecule has 0 spiro atoms. The van der Waals surface area contributed by atoms with Crippen molar-refractivity contribution in [2.24, 2.45) is 4.99 Å². The minimum atomic E-state index is -0.142. The van der Waals surface area contributed by atoms with Gasteiger partial charge in [0.2, 0.25) is 0 Å². The van der Waals surface area contributed by atoms with Crippen LogP contribution in [-0.2, 0) is 22.6 Å². The van der Waals surface area contributed by atoms with Gasteiger partial charge in [-0.3, -0.25) is 9.48 Å². The van der Waals surface area contributed by atoms with Crippen molar-refractivity contribution in [3.8, 4) is 0 Å². The molecule has 160 valence electrons. The quantitative estimate of drug-likeness (QED) is 0.159. The molecular formula is C21H32IN5O2. The minimum Gasteiger partial charge on any atom is -0.469 e. The summed E-state index contributed by atoms with van der Waals surface area (Å²) in [4.78, 5) is 15.8. The summed E-state index contributed by atoms with van der Waals surface area (Å²) in [5.74, 6) is 0.668. The lowest BCUT2D eigenvalue weighted by Crippen LogP contribution is -2.37. The van der Waals surface area contributed by atoms with Crippen LogP contribution in [0.4, 0.5) is 0 Å². The van der Waals surface area contributed by atoms with E-state index in [0.717, 1.165) is 44.9 Å². The van der Waals surface area contributed by atoms with Crippen molar-refractivity contribution < 1.29 is 9.53 Å². The second-order valence-corrected chi connectivity index (χ2v) is 6.48. The first-order chi connectivity index (χ1) is 13.7. The summed E-state index contributed by atoms with van der Waals surface area (Å²) < 4.78 is 6.57. The Morgan fingerprint density at radius 3 is 2.62 bits per heavy atom. The molecule has 7 nitrogen and oxygen atoms in total. The Balaban J connectivity index is 0.00000420.